The molecule has 0 fully saturated rings. The van der Waals surface area contributed by atoms with Crippen LogP contribution in [0.5, 0.6) is 0 Å². The Morgan fingerprint density at radius 3 is 1.78 bits per heavy atom. The van der Waals surface area contributed by atoms with Crippen molar-refractivity contribution in [3.8, 4) is 0 Å². The number of hydrogen-bond acceptors (Lipinski definition) is 3. The van der Waals surface area contributed by atoms with E-state index in [2.05, 4.69) is 37.8 Å². The average molecular weight is 377 g/mol. The number of rotatable bonds is 16. The van der Waals surface area contributed by atoms with Crippen LogP contribution in [0.15, 0.2) is 43.0 Å². The summed E-state index contributed by atoms with van der Waals surface area (Å²) >= 11 is 0. The fourth-order valence-corrected chi connectivity index (χ4v) is 3.82. The van der Waals surface area contributed by atoms with Crippen LogP contribution in [0.2, 0.25) is 0 Å². The van der Waals surface area contributed by atoms with Crippen LogP contribution in [0.4, 0.5) is 0 Å². The number of ether oxygens (including phenoxy) is 3. The summed E-state index contributed by atoms with van der Waals surface area (Å²) in [6.45, 7) is 13.9. The maximum absolute atomic E-state index is 6.20. The SMILES string of the molecule is C=CC(CCCCCCCC)(c1ccccc1)C(OCC)(OCC)OCC. The highest BCUT2D eigenvalue weighted by Crippen LogP contribution is 2.45. The van der Waals surface area contributed by atoms with Crippen molar-refractivity contribution in [3.63, 3.8) is 0 Å². The number of hydrogen-bond donors (Lipinski definition) is 0. The first-order chi connectivity index (χ1) is 13.2. The highest BCUT2D eigenvalue weighted by atomic mass is 16.9. The summed E-state index contributed by atoms with van der Waals surface area (Å²) in [7, 11) is 0. The van der Waals surface area contributed by atoms with Crippen LogP contribution >= 0.6 is 0 Å². The summed E-state index contributed by atoms with van der Waals surface area (Å²) in [6, 6.07) is 10.4. The standard InChI is InChI=1S/C24H40O3/c1-6-11-12-13-14-18-21-23(7-2,22-19-16-15-17-20-22)24(25-8-3,26-9-4)27-10-5/h7,15-17,19-20H,2,6,8-14,18,21H2,1,3-5H3. The summed E-state index contributed by atoms with van der Waals surface area (Å²) in [6.07, 6.45) is 10.3. The van der Waals surface area contributed by atoms with Crippen molar-refractivity contribution >= 4 is 0 Å². The first kappa shape index (κ1) is 23.9. The van der Waals surface area contributed by atoms with Gasteiger partial charge in [0, 0.05) is 19.8 Å². The van der Waals surface area contributed by atoms with E-state index in [0.717, 1.165) is 18.4 Å². The molecule has 1 aromatic carbocycles. The molecule has 0 aliphatic heterocycles. The van der Waals surface area contributed by atoms with E-state index in [1.54, 1.807) is 0 Å². The van der Waals surface area contributed by atoms with E-state index in [9.17, 15) is 0 Å². The molecule has 0 aromatic heterocycles. The van der Waals surface area contributed by atoms with Crippen LogP contribution in [0.1, 0.15) is 78.2 Å². The minimum absolute atomic E-state index is 0.513. The number of benzene rings is 1. The van der Waals surface area contributed by atoms with Gasteiger partial charge in [-0.1, -0.05) is 81.9 Å². The van der Waals surface area contributed by atoms with Gasteiger partial charge in [-0.2, -0.15) is 0 Å². The maximum Gasteiger partial charge on any atom is 0.296 e. The van der Waals surface area contributed by atoms with Crippen LogP contribution < -0.4 is 0 Å². The van der Waals surface area contributed by atoms with E-state index in [-0.39, 0.29) is 0 Å². The molecule has 0 N–H and O–H groups in total. The molecule has 3 heteroatoms. The van der Waals surface area contributed by atoms with E-state index in [4.69, 9.17) is 14.2 Å². The normalized spacial score (nSPS) is 14.1. The molecular formula is C24H40O3. The monoisotopic (exact) mass is 376 g/mol. The molecule has 0 heterocycles. The molecule has 1 atom stereocenters. The van der Waals surface area contributed by atoms with Crippen LogP contribution in [-0.2, 0) is 19.6 Å². The Hall–Kier alpha value is -1.16. The molecule has 0 radical (unpaired) electrons. The Morgan fingerprint density at radius 1 is 0.778 bits per heavy atom. The molecule has 0 saturated carbocycles. The topological polar surface area (TPSA) is 27.7 Å². The Balaban J connectivity index is 3.22. The largest absolute Gasteiger partial charge is 0.327 e. The third-order valence-electron chi connectivity index (χ3n) is 5.11. The van der Waals surface area contributed by atoms with Crippen LogP contribution in [0, 0.1) is 0 Å². The van der Waals surface area contributed by atoms with Gasteiger partial charge in [-0.25, -0.2) is 0 Å². The fraction of sp³-hybridized carbons (Fsp3) is 0.667. The molecule has 1 rings (SSSR count). The molecule has 0 aliphatic carbocycles. The van der Waals surface area contributed by atoms with Gasteiger partial charge in [0.1, 0.15) is 0 Å². The van der Waals surface area contributed by atoms with Crippen molar-refractivity contribution in [1.29, 1.82) is 0 Å². The minimum atomic E-state index is -1.15. The third kappa shape index (κ3) is 6.17. The molecular weight excluding hydrogens is 336 g/mol. The Morgan fingerprint density at radius 2 is 1.30 bits per heavy atom. The lowest BCUT2D eigenvalue weighted by Gasteiger charge is -2.47. The highest BCUT2D eigenvalue weighted by Gasteiger charge is 2.54. The smallest absolute Gasteiger partial charge is 0.296 e. The summed E-state index contributed by atoms with van der Waals surface area (Å²) in [5, 5.41) is 0. The van der Waals surface area contributed by atoms with Gasteiger partial charge in [0.15, 0.2) is 0 Å². The van der Waals surface area contributed by atoms with Crippen molar-refractivity contribution in [2.45, 2.75) is 84.0 Å². The molecule has 27 heavy (non-hydrogen) atoms. The maximum atomic E-state index is 6.20. The van der Waals surface area contributed by atoms with Crippen molar-refractivity contribution in [1.82, 2.24) is 0 Å². The van der Waals surface area contributed by atoms with Gasteiger partial charge in [-0.15, -0.1) is 6.58 Å². The molecule has 1 unspecified atom stereocenters. The molecule has 3 nitrogen and oxygen atoms in total. The zero-order valence-corrected chi connectivity index (χ0v) is 18.0. The van der Waals surface area contributed by atoms with E-state index < -0.39 is 11.4 Å². The van der Waals surface area contributed by atoms with Crippen molar-refractivity contribution in [3.05, 3.63) is 48.6 Å². The molecule has 0 saturated heterocycles. The summed E-state index contributed by atoms with van der Waals surface area (Å²) in [4.78, 5) is 0. The van der Waals surface area contributed by atoms with Crippen molar-refractivity contribution < 1.29 is 14.2 Å². The molecule has 154 valence electrons. The summed E-state index contributed by atoms with van der Waals surface area (Å²) < 4.78 is 18.6. The summed E-state index contributed by atoms with van der Waals surface area (Å²) in [5.41, 5.74) is 0.574. The van der Waals surface area contributed by atoms with Crippen molar-refractivity contribution in [2.75, 3.05) is 19.8 Å². The molecule has 0 amide bonds. The third-order valence-corrected chi connectivity index (χ3v) is 5.11. The number of unbranched alkanes of at least 4 members (excludes halogenated alkanes) is 5. The molecule has 0 aliphatic rings. The second kappa shape index (κ2) is 13.1. The molecule has 0 bridgehead atoms. The van der Waals surface area contributed by atoms with Gasteiger partial charge in [0.05, 0.1) is 5.41 Å². The Kier molecular flexibility index (Phi) is 11.6. The van der Waals surface area contributed by atoms with Crippen molar-refractivity contribution in [2.24, 2.45) is 0 Å². The van der Waals surface area contributed by atoms with E-state index in [1.807, 2.05) is 32.9 Å². The zero-order valence-electron chi connectivity index (χ0n) is 18.0. The van der Waals surface area contributed by atoms with E-state index in [0.29, 0.717) is 19.8 Å². The predicted molar refractivity (Wildman–Crippen MR) is 114 cm³/mol. The first-order valence-electron chi connectivity index (χ1n) is 10.8. The minimum Gasteiger partial charge on any atom is -0.327 e. The van der Waals surface area contributed by atoms with Gasteiger partial charge >= 0.3 is 0 Å². The van der Waals surface area contributed by atoms with Crippen LogP contribution in [0.3, 0.4) is 0 Å². The van der Waals surface area contributed by atoms with Gasteiger partial charge < -0.3 is 14.2 Å². The Labute approximate surface area is 167 Å². The first-order valence-corrected chi connectivity index (χ1v) is 10.8. The lowest BCUT2D eigenvalue weighted by Crippen LogP contribution is -2.56. The van der Waals surface area contributed by atoms with Gasteiger partial charge in [-0.05, 0) is 32.8 Å². The molecule has 0 spiro atoms. The van der Waals surface area contributed by atoms with Gasteiger partial charge in [-0.3, -0.25) is 0 Å². The average Bonchev–Trinajstić information content (AvgIpc) is 2.69. The van der Waals surface area contributed by atoms with E-state index in [1.165, 1.54) is 32.1 Å². The quantitative estimate of drug-likeness (QED) is 0.184. The van der Waals surface area contributed by atoms with Gasteiger partial charge in [0.2, 0.25) is 0 Å². The summed E-state index contributed by atoms with van der Waals surface area (Å²) in [5.74, 6) is -1.15. The fourth-order valence-electron chi connectivity index (χ4n) is 3.82. The Bertz CT molecular complexity index is 483. The second-order valence-electron chi connectivity index (χ2n) is 6.91. The van der Waals surface area contributed by atoms with E-state index >= 15 is 0 Å². The van der Waals surface area contributed by atoms with Gasteiger partial charge in [0.25, 0.3) is 5.97 Å². The lowest BCUT2D eigenvalue weighted by atomic mass is 9.73. The van der Waals surface area contributed by atoms with Crippen LogP contribution in [0.25, 0.3) is 0 Å². The highest BCUT2D eigenvalue weighted by molar-refractivity contribution is 5.33. The zero-order chi connectivity index (χ0) is 20.0. The molecule has 1 aromatic rings. The second-order valence-corrected chi connectivity index (χ2v) is 6.91. The lowest BCUT2D eigenvalue weighted by molar-refractivity contribution is -0.403. The predicted octanol–water partition coefficient (Wildman–Crippen LogP) is 6.62. The van der Waals surface area contributed by atoms with Crippen LogP contribution in [-0.4, -0.2) is 25.8 Å².